The van der Waals surface area contributed by atoms with Crippen molar-refractivity contribution < 1.29 is 19.4 Å². The molecule has 0 radical (unpaired) electrons. The molecule has 0 spiro atoms. The second kappa shape index (κ2) is 9.12. The number of benzene rings is 3. The summed E-state index contributed by atoms with van der Waals surface area (Å²) < 4.78 is 11.8. The maximum atomic E-state index is 13.5. The van der Waals surface area contributed by atoms with E-state index in [0.29, 0.717) is 32.7 Å². The maximum absolute atomic E-state index is 13.5. The van der Waals surface area contributed by atoms with Crippen LogP contribution in [0.2, 0.25) is 19.6 Å². The van der Waals surface area contributed by atoms with Crippen molar-refractivity contribution in [1.29, 1.82) is 0 Å². The summed E-state index contributed by atoms with van der Waals surface area (Å²) in [6.07, 6.45) is 0.580. The molecule has 0 aromatic heterocycles. The van der Waals surface area contributed by atoms with Crippen molar-refractivity contribution in [3.05, 3.63) is 89.5 Å². The molecule has 2 fully saturated rings. The van der Waals surface area contributed by atoms with Gasteiger partial charge in [0.15, 0.2) is 0 Å². The van der Waals surface area contributed by atoms with Crippen LogP contribution in [0.25, 0.3) is 11.1 Å². The van der Waals surface area contributed by atoms with Gasteiger partial charge in [0.1, 0.15) is 6.61 Å². The van der Waals surface area contributed by atoms with Crippen LogP contribution in [0.4, 0.5) is 4.79 Å². The number of fused-ring (bicyclic) bond motifs is 5. The molecule has 2 saturated heterocycles. The molecule has 2 unspecified atom stereocenters. The molecule has 192 valence electrons. The SMILES string of the molecule is C[Si](C)(C)c1ccc(C2(O)CC3COCC(C2)N3C(=O)OCC2c3ccccc3-c3ccccc32)cc1. The van der Waals surface area contributed by atoms with E-state index in [0.717, 1.165) is 5.56 Å². The van der Waals surface area contributed by atoms with E-state index in [4.69, 9.17) is 9.47 Å². The van der Waals surface area contributed by atoms with Gasteiger partial charge in [0, 0.05) is 18.8 Å². The summed E-state index contributed by atoms with van der Waals surface area (Å²) in [4.78, 5) is 15.3. The van der Waals surface area contributed by atoms with Gasteiger partial charge in [0.25, 0.3) is 0 Å². The normalized spacial score (nSPS) is 24.9. The minimum atomic E-state index is -1.41. The quantitative estimate of drug-likeness (QED) is 0.485. The molecule has 37 heavy (non-hydrogen) atoms. The van der Waals surface area contributed by atoms with Crippen LogP contribution in [0.1, 0.15) is 35.4 Å². The molecule has 3 aliphatic rings. The summed E-state index contributed by atoms with van der Waals surface area (Å²) >= 11 is 0. The summed E-state index contributed by atoms with van der Waals surface area (Å²) in [5.74, 6) is 0.0269. The molecule has 2 heterocycles. The number of rotatable bonds is 4. The van der Waals surface area contributed by atoms with E-state index >= 15 is 0 Å². The zero-order chi connectivity index (χ0) is 25.8. The number of amides is 1. The van der Waals surface area contributed by atoms with Crippen molar-refractivity contribution in [2.24, 2.45) is 0 Å². The third-order valence-corrected chi connectivity index (χ3v) is 10.5. The monoisotopic (exact) mass is 513 g/mol. The van der Waals surface area contributed by atoms with Crippen molar-refractivity contribution in [2.45, 2.75) is 56.1 Å². The van der Waals surface area contributed by atoms with Crippen LogP contribution in [-0.2, 0) is 15.1 Å². The Bertz CT molecular complexity index is 1260. The van der Waals surface area contributed by atoms with Crippen LogP contribution < -0.4 is 5.19 Å². The van der Waals surface area contributed by atoms with E-state index in [1.54, 1.807) is 0 Å². The molecule has 2 atom stereocenters. The first-order chi connectivity index (χ1) is 17.7. The zero-order valence-corrected chi connectivity index (χ0v) is 22.8. The van der Waals surface area contributed by atoms with Crippen LogP contribution in [0.3, 0.4) is 0 Å². The molecule has 0 saturated carbocycles. The van der Waals surface area contributed by atoms with Crippen LogP contribution in [-0.4, -0.2) is 56.1 Å². The number of aliphatic hydroxyl groups is 1. The number of hydrogen-bond acceptors (Lipinski definition) is 4. The molecule has 2 aliphatic heterocycles. The lowest BCUT2D eigenvalue weighted by atomic mass is 9.77. The third-order valence-electron chi connectivity index (χ3n) is 8.39. The fourth-order valence-electron chi connectivity index (χ4n) is 6.46. The molecule has 3 aromatic carbocycles. The first-order valence-corrected chi connectivity index (χ1v) is 16.8. The van der Waals surface area contributed by atoms with Gasteiger partial charge in [-0.2, -0.15) is 0 Å². The first-order valence-electron chi connectivity index (χ1n) is 13.3. The molecular weight excluding hydrogens is 478 g/mol. The van der Waals surface area contributed by atoms with Gasteiger partial charge in [-0.05, 0) is 27.8 Å². The van der Waals surface area contributed by atoms with E-state index in [2.05, 4.69) is 80.3 Å². The second-order valence-corrected chi connectivity index (χ2v) is 16.9. The van der Waals surface area contributed by atoms with Gasteiger partial charge < -0.3 is 14.6 Å². The van der Waals surface area contributed by atoms with Gasteiger partial charge in [-0.15, -0.1) is 0 Å². The fourth-order valence-corrected chi connectivity index (χ4v) is 7.63. The lowest BCUT2D eigenvalue weighted by Crippen LogP contribution is -2.62. The van der Waals surface area contributed by atoms with Crippen LogP contribution in [0.15, 0.2) is 72.8 Å². The molecule has 1 aliphatic carbocycles. The molecule has 6 rings (SSSR count). The number of hydrogen-bond donors (Lipinski definition) is 1. The third kappa shape index (κ3) is 4.31. The minimum absolute atomic E-state index is 0.0269. The molecule has 6 heteroatoms. The standard InChI is InChI=1S/C31H35NO4Si/c1-37(2,3)24-14-12-21(13-15-24)31(34)16-22-18-35-19-23(17-31)32(22)30(33)36-20-29-27-10-6-4-8-25(27)26-9-5-7-11-28(26)29/h4-15,22-23,29,34H,16-20H2,1-3H3. The summed E-state index contributed by atoms with van der Waals surface area (Å²) in [5.41, 5.74) is 4.79. The Morgan fingerprint density at radius 3 is 2.00 bits per heavy atom. The summed E-state index contributed by atoms with van der Waals surface area (Å²) in [5, 5.41) is 13.1. The lowest BCUT2D eigenvalue weighted by molar-refractivity contribution is -0.136. The molecule has 1 amide bonds. The van der Waals surface area contributed by atoms with Crippen LogP contribution in [0.5, 0.6) is 0 Å². The highest BCUT2D eigenvalue weighted by Gasteiger charge is 2.49. The Morgan fingerprint density at radius 1 is 0.919 bits per heavy atom. The lowest BCUT2D eigenvalue weighted by Gasteiger charge is -2.51. The highest BCUT2D eigenvalue weighted by molar-refractivity contribution is 6.88. The first kappa shape index (κ1) is 24.4. The Labute approximate surface area is 220 Å². The average Bonchev–Trinajstić information content (AvgIpc) is 3.20. The number of piperidine rings is 1. The molecule has 1 N–H and O–H groups in total. The van der Waals surface area contributed by atoms with E-state index < -0.39 is 13.7 Å². The molecule has 2 bridgehead atoms. The Kier molecular flexibility index (Phi) is 6.01. The largest absolute Gasteiger partial charge is 0.448 e. The van der Waals surface area contributed by atoms with Gasteiger partial charge in [-0.25, -0.2) is 4.79 Å². The Hall–Kier alpha value is -2.93. The predicted octanol–water partition coefficient (Wildman–Crippen LogP) is 5.23. The average molecular weight is 514 g/mol. The summed E-state index contributed by atoms with van der Waals surface area (Å²) in [6, 6.07) is 24.8. The van der Waals surface area contributed by atoms with Crippen LogP contribution >= 0.6 is 0 Å². The van der Waals surface area contributed by atoms with Gasteiger partial charge in [0.2, 0.25) is 0 Å². The van der Waals surface area contributed by atoms with Crippen molar-refractivity contribution in [2.75, 3.05) is 19.8 Å². The highest BCUT2D eigenvalue weighted by Crippen LogP contribution is 2.45. The van der Waals surface area contributed by atoms with E-state index in [-0.39, 0.29) is 24.1 Å². The summed E-state index contributed by atoms with van der Waals surface area (Å²) in [6.45, 7) is 8.10. The van der Waals surface area contributed by atoms with E-state index in [9.17, 15) is 9.90 Å². The second-order valence-electron chi connectivity index (χ2n) is 11.8. The molecular formula is C31H35NO4Si. The van der Waals surface area contributed by atoms with Gasteiger partial charge in [0.05, 0.1) is 39.0 Å². The van der Waals surface area contributed by atoms with Gasteiger partial charge in [-0.1, -0.05) is 97.6 Å². The number of nitrogens with zero attached hydrogens (tertiary/aromatic N) is 1. The topological polar surface area (TPSA) is 59.0 Å². The Morgan fingerprint density at radius 2 is 1.46 bits per heavy atom. The van der Waals surface area contributed by atoms with Crippen molar-refractivity contribution in [3.8, 4) is 11.1 Å². The van der Waals surface area contributed by atoms with Gasteiger partial charge >= 0.3 is 6.09 Å². The summed E-state index contributed by atoms with van der Waals surface area (Å²) in [7, 11) is -1.41. The van der Waals surface area contributed by atoms with Crippen molar-refractivity contribution in [3.63, 3.8) is 0 Å². The molecule has 5 nitrogen and oxygen atoms in total. The maximum Gasteiger partial charge on any atom is 0.410 e. The van der Waals surface area contributed by atoms with E-state index in [1.807, 2.05) is 17.0 Å². The fraction of sp³-hybridized carbons (Fsp3) is 0.387. The number of ether oxygens (including phenoxy) is 2. The zero-order valence-electron chi connectivity index (χ0n) is 21.8. The smallest absolute Gasteiger partial charge is 0.410 e. The number of morpholine rings is 1. The van der Waals surface area contributed by atoms with Crippen molar-refractivity contribution >= 4 is 19.4 Å². The number of carbonyl (C=O) groups is 1. The minimum Gasteiger partial charge on any atom is -0.448 e. The predicted molar refractivity (Wildman–Crippen MR) is 148 cm³/mol. The van der Waals surface area contributed by atoms with Crippen molar-refractivity contribution in [1.82, 2.24) is 4.90 Å². The molecule has 3 aromatic rings. The Balaban J connectivity index is 1.18. The van der Waals surface area contributed by atoms with E-state index in [1.165, 1.54) is 27.4 Å². The number of carbonyl (C=O) groups excluding carboxylic acids is 1. The van der Waals surface area contributed by atoms with Crippen LogP contribution in [0, 0.1) is 0 Å². The van der Waals surface area contributed by atoms with Gasteiger partial charge in [-0.3, -0.25) is 4.90 Å². The highest BCUT2D eigenvalue weighted by atomic mass is 28.3.